The van der Waals surface area contributed by atoms with E-state index in [0.29, 0.717) is 0 Å². The van der Waals surface area contributed by atoms with Crippen LogP contribution in [0, 0.1) is 0 Å². The predicted molar refractivity (Wildman–Crippen MR) is 47.6 cm³/mol. The van der Waals surface area contributed by atoms with Gasteiger partial charge < -0.3 is 10.4 Å². The van der Waals surface area contributed by atoms with E-state index in [2.05, 4.69) is 17.9 Å². The standard InChI is InChI=1S/C7H16FNOS/c1-5(11)9-4-6(8)7(2,3)10/h5-6,9-11H,4H2,1-3H3/t5?,6-/m1/s1. The maximum Gasteiger partial charge on any atom is 0.140 e. The lowest BCUT2D eigenvalue weighted by atomic mass is 10.0. The van der Waals surface area contributed by atoms with Gasteiger partial charge in [0.15, 0.2) is 0 Å². The van der Waals surface area contributed by atoms with E-state index in [1.807, 2.05) is 0 Å². The highest BCUT2D eigenvalue weighted by Crippen LogP contribution is 2.11. The molecular formula is C7H16FNOS. The van der Waals surface area contributed by atoms with Gasteiger partial charge in [0.25, 0.3) is 0 Å². The van der Waals surface area contributed by atoms with Crippen LogP contribution in [0.25, 0.3) is 0 Å². The first kappa shape index (κ1) is 11.2. The second-order valence-electron chi connectivity index (χ2n) is 3.21. The van der Waals surface area contributed by atoms with Crippen molar-refractivity contribution in [1.82, 2.24) is 5.32 Å². The second kappa shape index (κ2) is 4.28. The Morgan fingerprint density at radius 2 is 2.09 bits per heavy atom. The molecule has 0 spiro atoms. The molecule has 0 aliphatic rings. The summed E-state index contributed by atoms with van der Waals surface area (Å²) in [4.78, 5) is 0. The molecule has 0 bridgehead atoms. The Bertz CT molecular complexity index is 113. The van der Waals surface area contributed by atoms with Gasteiger partial charge in [-0.1, -0.05) is 0 Å². The summed E-state index contributed by atoms with van der Waals surface area (Å²) in [7, 11) is 0. The number of halogens is 1. The molecule has 0 amide bonds. The van der Waals surface area contributed by atoms with E-state index < -0.39 is 11.8 Å². The Labute approximate surface area is 72.6 Å². The number of rotatable bonds is 4. The summed E-state index contributed by atoms with van der Waals surface area (Å²) < 4.78 is 12.9. The fourth-order valence-electron chi connectivity index (χ4n) is 0.524. The summed E-state index contributed by atoms with van der Waals surface area (Å²) in [5.74, 6) is 0. The molecule has 68 valence electrons. The van der Waals surface area contributed by atoms with Crippen LogP contribution < -0.4 is 5.32 Å². The van der Waals surface area contributed by atoms with Crippen molar-refractivity contribution in [3.8, 4) is 0 Å². The minimum Gasteiger partial charge on any atom is -0.387 e. The summed E-state index contributed by atoms with van der Waals surface area (Å²) in [6.07, 6.45) is -1.25. The van der Waals surface area contributed by atoms with Crippen LogP contribution in [0.3, 0.4) is 0 Å². The maximum absolute atomic E-state index is 12.9. The minimum absolute atomic E-state index is 0.0457. The third-order valence-electron chi connectivity index (χ3n) is 1.36. The highest BCUT2D eigenvalue weighted by molar-refractivity contribution is 7.80. The summed E-state index contributed by atoms with van der Waals surface area (Å²) in [6.45, 7) is 4.83. The first-order valence-electron chi connectivity index (χ1n) is 3.62. The van der Waals surface area contributed by atoms with Crippen LogP contribution in [-0.2, 0) is 0 Å². The van der Waals surface area contributed by atoms with Gasteiger partial charge in [-0.15, -0.1) is 0 Å². The van der Waals surface area contributed by atoms with Crippen molar-refractivity contribution < 1.29 is 9.50 Å². The lowest BCUT2D eigenvalue weighted by molar-refractivity contribution is -0.00230. The Hall–Kier alpha value is 0.200. The molecule has 0 aliphatic heterocycles. The van der Waals surface area contributed by atoms with Gasteiger partial charge in [-0.2, -0.15) is 12.6 Å². The molecule has 2 N–H and O–H groups in total. The Morgan fingerprint density at radius 3 is 2.36 bits per heavy atom. The van der Waals surface area contributed by atoms with Crippen LogP contribution in [0.2, 0.25) is 0 Å². The van der Waals surface area contributed by atoms with Crippen molar-refractivity contribution in [2.75, 3.05) is 6.54 Å². The summed E-state index contributed by atoms with van der Waals surface area (Å²) in [6, 6.07) is 0. The van der Waals surface area contributed by atoms with Gasteiger partial charge in [-0.3, -0.25) is 0 Å². The van der Waals surface area contributed by atoms with Crippen LogP contribution in [0.15, 0.2) is 0 Å². The SMILES string of the molecule is CC(S)NC[C@@H](F)C(C)(C)O. The molecule has 11 heavy (non-hydrogen) atoms. The van der Waals surface area contributed by atoms with E-state index >= 15 is 0 Å². The number of alkyl halides is 1. The fourth-order valence-corrected chi connectivity index (χ4v) is 0.629. The summed E-state index contributed by atoms with van der Waals surface area (Å²) in [5, 5.41) is 11.9. The molecule has 0 rings (SSSR count). The molecule has 1 unspecified atom stereocenters. The van der Waals surface area contributed by atoms with Crippen LogP contribution in [0.1, 0.15) is 20.8 Å². The highest BCUT2D eigenvalue weighted by atomic mass is 32.1. The lowest BCUT2D eigenvalue weighted by Crippen LogP contribution is -2.41. The molecule has 0 heterocycles. The monoisotopic (exact) mass is 181 g/mol. The average molecular weight is 181 g/mol. The van der Waals surface area contributed by atoms with Gasteiger partial charge in [-0.05, 0) is 20.8 Å². The van der Waals surface area contributed by atoms with E-state index in [9.17, 15) is 4.39 Å². The van der Waals surface area contributed by atoms with Crippen molar-refractivity contribution in [3.05, 3.63) is 0 Å². The molecular weight excluding hydrogens is 165 g/mol. The molecule has 0 fully saturated rings. The molecule has 0 aromatic carbocycles. The second-order valence-corrected chi connectivity index (χ2v) is 3.98. The molecule has 0 saturated carbocycles. The lowest BCUT2D eigenvalue weighted by Gasteiger charge is -2.23. The smallest absolute Gasteiger partial charge is 0.140 e. The van der Waals surface area contributed by atoms with Gasteiger partial charge in [0.05, 0.1) is 5.60 Å². The van der Waals surface area contributed by atoms with E-state index in [0.717, 1.165) is 0 Å². The maximum atomic E-state index is 12.9. The Kier molecular flexibility index (Phi) is 4.36. The van der Waals surface area contributed by atoms with Crippen molar-refractivity contribution in [1.29, 1.82) is 0 Å². The largest absolute Gasteiger partial charge is 0.387 e. The van der Waals surface area contributed by atoms with E-state index in [1.54, 1.807) is 6.92 Å². The van der Waals surface area contributed by atoms with Gasteiger partial charge in [0.2, 0.25) is 0 Å². The quantitative estimate of drug-likeness (QED) is 0.446. The number of thiol groups is 1. The molecule has 0 aromatic heterocycles. The Balaban J connectivity index is 3.61. The highest BCUT2D eigenvalue weighted by Gasteiger charge is 2.25. The van der Waals surface area contributed by atoms with Crippen molar-refractivity contribution >= 4 is 12.6 Å². The zero-order valence-corrected chi connectivity index (χ0v) is 8.03. The third kappa shape index (κ3) is 5.47. The van der Waals surface area contributed by atoms with E-state index in [4.69, 9.17) is 5.11 Å². The fraction of sp³-hybridized carbons (Fsp3) is 1.00. The van der Waals surface area contributed by atoms with Crippen LogP contribution in [0.5, 0.6) is 0 Å². The number of hydrogen-bond donors (Lipinski definition) is 3. The molecule has 4 heteroatoms. The zero-order valence-electron chi connectivity index (χ0n) is 7.13. The molecule has 0 radical (unpaired) electrons. The summed E-state index contributed by atoms with van der Waals surface area (Å²) in [5.41, 5.74) is -1.27. The van der Waals surface area contributed by atoms with Crippen molar-refractivity contribution in [2.45, 2.75) is 37.9 Å². The molecule has 2 atom stereocenters. The van der Waals surface area contributed by atoms with Gasteiger partial charge >= 0.3 is 0 Å². The van der Waals surface area contributed by atoms with Crippen LogP contribution in [0.4, 0.5) is 4.39 Å². The van der Waals surface area contributed by atoms with Crippen molar-refractivity contribution in [2.24, 2.45) is 0 Å². The molecule has 0 saturated heterocycles. The molecule has 2 nitrogen and oxygen atoms in total. The first-order chi connectivity index (χ1) is 4.84. The number of nitrogens with one attached hydrogen (secondary N) is 1. The predicted octanol–water partition coefficient (Wildman–Crippen LogP) is 0.961. The average Bonchev–Trinajstić information content (AvgIpc) is 1.80. The number of hydrogen-bond acceptors (Lipinski definition) is 3. The normalized spacial score (nSPS) is 18.0. The zero-order chi connectivity index (χ0) is 9.07. The van der Waals surface area contributed by atoms with Crippen LogP contribution >= 0.6 is 12.6 Å². The van der Waals surface area contributed by atoms with Gasteiger partial charge in [-0.25, -0.2) is 4.39 Å². The topological polar surface area (TPSA) is 32.3 Å². The van der Waals surface area contributed by atoms with E-state index in [-0.39, 0.29) is 11.9 Å². The van der Waals surface area contributed by atoms with E-state index in [1.165, 1.54) is 13.8 Å². The number of aliphatic hydroxyl groups is 1. The van der Waals surface area contributed by atoms with Gasteiger partial charge in [0.1, 0.15) is 6.17 Å². The molecule has 0 aromatic rings. The first-order valence-corrected chi connectivity index (χ1v) is 4.13. The Morgan fingerprint density at radius 1 is 1.64 bits per heavy atom. The minimum atomic E-state index is -1.27. The third-order valence-corrected chi connectivity index (χ3v) is 1.54. The van der Waals surface area contributed by atoms with Crippen molar-refractivity contribution in [3.63, 3.8) is 0 Å². The summed E-state index contributed by atoms with van der Waals surface area (Å²) >= 11 is 4.01. The van der Waals surface area contributed by atoms with Gasteiger partial charge in [0, 0.05) is 11.9 Å². The molecule has 0 aliphatic carbocycles. The van der Waals surface area contributed by atoms with Crippen LogP contribution in [-0.4, -0.2) is 28.8 Å².